The van der Waals surface area contributed by atoms with Crippen LogP contribution in [0.1, 0.15) is 12.7 Å². The van der Waals surface area contributed by atoms with Crippen molar-refractivity contribution in [2.45, 2.75) is 25.2 Å². The van der Waals surface area contributed by atoms with Crippen LogP contribution in [0.3, 0.4) is 0 Å². The number of methoxy groups -OCH3 is 1. The van der Waals surface area contributed by atoms with Crippen molar-refractivity contribution in [1.29, 1.82) is 0 Å². The van der Waals surface area contributed by atoms with E-state index in [0.717, 1.165) is 5.75 Å². The van der Waals surface area contributed by atoms with Crippen LogP contribution in [0.25, 0.3) is 0 Å². The van der Waals surface area contributed by atoms with Crippen molar-refractivity contribution in [1.82, 2.24) is 14.8 Å². The van der Waals surface area contributed by atoms with Crippen LogP contribution in [0.2, 0.25) is 15.1 Å². The van der Waals surface area contributed by atoms with Crippen LogP contribution < -0.4 is 14.8 Å². The van der Waals surface area contributed by atoms with Crippen molar-refractivity contribution in [3.63, 3.8) is 0 Å². The quantitative estimate of drug-likeness (QED) is 0.305. The Morgan fingerprint density at radius 1 is 1.06 bits per heavy atom. The molecular formula is C20H19Cl3N4O3S. The highest BCUT2D eigenvalue weighted by Gasteiger charge is 2.15. The predicted octanol–water partition coefficient (Wildman–Crippen LogP) is 5.58. The lowest BCUT2D eigenvalue weighted by atomic mass is 10.3. The zero-order valence-electron chi connectivity index (χ0n) is 16.7. The van der Waals surface area contributed by atoms with Gasteiger partial charge in [0.2, 0.25) is 5.91 Å². The summed E-state index contributed by atoms with van der Waals surface area (Å²) in [5.41, 5.74) is 0.396. The molecule has 0 aliphatic rings. The molecule has 3 rings (SSSR count). The third kappa shape index (κ3) is 6.20. The number of rotatable bonds is 9. The highest BCUT2D eigenvalue weighted by molar-refractivity contribution is 7.99. The number of nitrogens with zero attached hydrogens (tertiary/aromatic N) is 3. The molecule has 0 spiro atoms. The monoisotopic (exact) mass is 500 g/mol. The van der Waals surface area contributed by atoms with Crippen LogP contribution in [-0.4, -0.2) is 33.5 Å². The van der Waals surface area contributed by atoms with Crippen LogP contribution >= 0.6 is 46.6 Å². The van der Waals surface area contributed by atoms with E-state index >= 15 is 0 Å². The van der Waals surface area contributed by atoms with Gasteiger partial charge < -0.3 is 19.4 Å². The summed E-state index contributed by atoms with van der Waals surface area (Å²) in [7, 11) is 1.61. The van der Waals surface area contributed by atoms with E-state index in [1.165, 1.54) is 23.9 Å². The molecule has 1 N–H and O–H groups in total. The molecule has 0 radical (unpaired) electrons. The molecule has 0 bridgehead atoms. The molecule has 11 heteroatoms. The molecule has 1 amide bonds. The summed E-state index contributed by atoms with van der Waals surface area (Å²) in [5, 5.41) is 12.6. The van der Waals surface area contributed by atoms with Gasteiger partial charge in [0.15, 0.2) is 11.0 Å². The van der Waals surface area contributed by atoms with Crippen molar-refractivity contribution in [2.75, 3.05) is 18.2 Å². The van der Waals surface area contributed by atoms with E-state index in [2.05, 4.69) is 15.5 Å². The predicted molar refractivity (Wildman–Crippen MR) is 124 cm³/mol. The van der Waals surface area contributed by atoms with Gasteiger partial charge in [-0.25, -0.2) is 0 Å². The van der Waals surface area contributed by atoms with E-state index in [1.807, 2.05) is 35.8 Å². The fourth-order valence-electron chi connectivity index (χ4n) is 2.60. The van der Waals surface area contributed by atoms with E-state index in [1.54, 1.807) is 7.11 Å². The lowest BCUT2D eigenvalue weighted by Crippen LogP contribution is -2.15. The number of amides is 1. The standard InChI is InChI=1S/C20H19Cl3N4O3S/c1-3-27-18(10-30-13-6-4-12(29-2)5-7-13)25-26-20(27)31-11-19(28)24-17-9-15(22)14(21)8-16(17)23/h4-9H,3,10-11H2,1-2H3,(H,24,28). The summed E-state index contributed by atoms with van der Waals surface area (Å²) in [6, 6.07) is 10.3. The second kappa shape index (κ2) is 10.9. The Labute approximate surface area is 199 Å². The number of benzene rings is 2. The van der Waals surface area contributed by atoms with Crippen molar-refractivity contribution >= 4 is 58.2 Å². The molecule has 1 heterocycles. The highest BCUT2D eigenvalue weighted by atomic mass is 35.5. The third-order valence-electron chi connectivity index (χ3n) is 4.15. The van der Waals surface area contributed by atoms with E-state index in [9.17, 15) is 4.79 Å². The largest absolute Gasteiger partial charge is 0.497 e. The number of carbonyl (C=O) groups is 1. The second-order valence-corrected chi connectivity index (χ2v) is 8.35. The SMILES string of the molecule is CCn1c(COc2ccc(OC)cc2)nnc1SCC(=O)Nc1cc(Cl)c(Cl)cc1Cl. The minimum atomic E-state index is -0.257. The van der Waals surface area contributed by atoms with Gasteiger partial charge >= 0.3 is 0 Å². The molecule has 0 saturated heterocycles. The Balaban J connectivity index is 1.58. The fraction of sp³-hybridized carbons (Fsp3) is 0.250. The van der Waals surface area contributed by atoms with Gasteiger partial charge in [-0.2, -0.15) is 0 Å². The molecule has 0 saturated carbocycles. The van der Waals surface area contributed by atoms with Crippen LogP contribution in [0.4, 0.5) is 5.69 Å². The molecule has 1 aromatic heterocycles. The van der Waals surface area contributed by atoms with E-state index in [4.69, 9.17) is 44.3 Å². The maximum atomic E-state index is 12.3. The van der Waals surface area contributed by atoms with Gasteiger partial charge in [-0.05, 0) is 43.3 Å². The molecule has 0 aliphatic heterocycles. The van der Waals surface area contributed by atoms with Crippen molar-refractivity contribution in [2.24, 2.45) is 0 Å². The Morgan fingerprint density at radius 3 is 2.42 bits per heavy atom. The van der Waals surface area contributed by atoms with E-state index < -0.39 is 0 Å². The Morgan fingerprint density at radius 2 is 1.74 bits per heavy atom. The summed E-state index contributed by atoms with van der Waals surface area (Å²) < 4.78 is 12.8. The molecule has 164 valence electrons. The van der Waals surface area contributed by atoms with Crippen LogP contribution in [0, 0.1) is 0 Å². The minimum Gasteiger partial charge on any atom is -0.497 e. The zero-order valence-corrected chi connectivity index (χ0v) is 19.8. The number of anilines is 1. The number of hydrogen-bond acceptors (Lipinski definition) is 6. The smallest absolute Gasteiger partial charge is 0.234 e. The van der Waals surface area contributed by atoms with Crippen LogP contribution in [0.15, 0.2) is 41.6 Å². The first-order valence-corrected chi connectivity index (χ1v) is 11.3. The van der Waals surface area contributed by atoms with Crippen molar-refractivity contribution in [3.05, 3.63) is 57.3 Å². The van der Waals surface area contributed by atoms with Gasteiger partial charge in [-0.15, -0.1) is 10.2 Å². The molecule has 31 heavy (non-hydrogen) atoms. The third-order valence-corrected chi connectivity index (χ3v) is 6.16. The summed E-state index contributed by atoms with van der Waals surface area (Å²) in [5.74, 6) is 1.97. The van der Waals surface area contributed by atoms with Crippen molar-refractivity contribution in [3.8, 4) is 11.5 Å². The number of ether oxygens (including phenoxy) is 2. The lowest BCUT2D eigenvalue weighted by Gasteiger charge is -2.10. The molecule has 0 fully saturated rings. The number of hydrogen-bond donors (Lipinski definition) is 1. The van der Waals surface area contributed by atoms with Crippen LogP contribution in [-0.2, 0) is 17.9 Å². The first-order valence-electron chi connectivity index (χ1n) is 9.17. The second-order valence-electron chi connectivity index (χ2n) is 6.19. The summed E-state index contributed by atoms with van der Waals surface area (Å²) in [6.07, 6.45) is 0. The van der Waals surface area contributed by atoms with Gasteiger partial charge in [-0.1, -0.05) is 46.6 Å². The summed E-state index contributed by atoms with van der Waals surface area (Å²) in [6.45, 7) is 2.86. The maximum absolute atomic E-state index is 12.3. The number of halogens is 3. The van der Waals surface area contributed by atoms with E-state index in [-0.39, 0.29) is 18.3 Å². The Kier molecular flexibility index (Phi) is 8.31. The van der Waals surface area contributed by atoms with Gasteiger partial charge in [0.25, 0.3) is 0 Å². The number of aromatic nitrogens is 3. The van der Waals surface area contributed by atoms with Gasteiger partial charge in [0, 0.05) is 6.54 Å². The first-order chi connectivity index (χ1) is 14.9. The lowest BCUT2D eigenvalue weighted by molar-refractivity contribution is -0.113. The number of nitrogens with one attached hydrogen (secondary N) is 1. The number of carbonyl (C=O) groups excluding carboxylic acids is 1. The molecule has 2 aromatic carbocycles. The van der Waals surface area contributed by atoms with Gasteiger partial charge in [-0.3, -0.25) is 4.79 Å². The van der Waals surface area contributed by atoms with E-state index in [0.29, 0.717) is 44.0 Å². The molecule has 7 nitrogen and oxygen atoms in total. The summed E-state index contributed by atoms with van der Waals surface area (Å²) in [4.78, 5) is 12.3. The Hall–Kier alpha value is -2.13. The highest BCUT2D eigenvalue weighted by Crippen LogP contribution is 2.32. The van der Waals surface area contributed by atoms with Gasteiger partial charge in [0.1, 0.15) is 18.1 Å². The maximum Gasteiger partial charge on any atom is 0.234 e. The molecular weight excluding hydrogens is 483 g/mol. The molecule has 0 unspecified atom stereocenters. The molecule has 0 aliphatic carbocycles. The van der Waals surface area contributed by atoms with Crippen LogP contribution in [0.5, 0.6) is 11.5 Å². The molecule has 3 aromatic rings. The summed E-state index contributed by atoms with van der Waals surface area (Å²) >= 11 is 19.3. The number of thioether (sulfide) groups is 1. The minimum absolute atomic E-state index is 0.119. The van der Waals surface area contributed by atoms with Gasteiger partial charge in [0.05, 0.1) is 33.6 Å². The average Bonchev–Trinajstić information content (AvgIpc) is 3.16. The Bertz CT molecular complexity index is 1060. The van der Waals surface area contributed by atoms with Crippen molar-refractivity contribution < 1.29 is 14.3 Å². The first kappa shape index (κ1) is 23.5. The fourth-order valence-corrected chi connectivity index (χ4v) is 4.02. The normalized spacial score (nSPS) is 10.7. The topological polar surface area (TPSA) is 78.3 Å². The zero-order chi connectivity index (χ0) is 22.4. The molecule has 0 atom stereocenters. The average molecular weight is 502 g/mol.